The molecule has 2 N–H and O–H groups in total. The van der Waals surface area contributed by atoms with E-state index in [1.807, 2.05) is 6.07 Å². The first-order valence-electron chi connectivity index (χ1n) is 11.0. The average Bonchev–Trinajstić information content (AvgIpc) is 3.32. The molecule has 0 bridgehead atoms. The van der Waals surface area contributed by atoms with E-state index in [-0.39, 0.29) is 41.7 Å². The molecule has 0 saturated carbocycles. The van der Waals surface area contributed by atoms with Crippen molar-refractivity contribution in [2.24, 2.45) is 7.05 Å². The smallest absolute Gasteiger partial charge is 0.307 e. The molecule has 1 unspecified atom stereocenters. The molecule has 2 aromatic carbocycles. The first-order chi connectivity index (χ1) is 17.3. The fourth-order valence-corrected chi connectivity index (χ4v) is 4.04. The van der Waals surface area contributed by atoms with Gasteiger partial charge in [-0.2, -0.15) is 0 Å². The Morgan fingerprint density at radius 1 is 1.14 bits per heavy atom. The molecule has 0 spiro atoms. The van der Waals surface area contributed by atoms with Crippen molar-refractivity contribution in [3.8, 4) is 5.75 Å². The Balaban J connectivity index is 1.50. The lowest BCUT2D eigenvalue weighted by atomic mass is 10.1. The maximum absolute atomic E-state index is 12.9. The van der Waals surface area contributed by atoms with Crippen LogP contribution in [-0.4, -0.2) is 58.1 Å². The van der Waals surface area contributed by atoms with E-state index in [9.17, 15) is 14.4 Å². The number of aryl methyl sites for hydroxylation is 1. The molecule has 3 amide bonds. The molecule has 1 aliphatic heterocycles. The highest BCUT2D eigenvalue weighted by atomic mass is 32.1. The number of methoxy groups -OCH3 is 1. The van der Waals surface area contributed by atoms with Crippen molar-refractivity contribution in [3.63, 3.8) is 0 Å². The minimum Gasteiger partial charge on any atom is -0.497 e. The van der Waals surface area contributed by atoms with E-state index in [0.29, 0.717) is 22.7 Å². The highest BCUT2D eigenvalue weighted by Crippen LogP contribution is 2.25. The Morgan fingerprint density at radius 3 is 2.50 bits per heavy atom. The van der Waals surface area contributed by atoms with E-state index < -0.39 is 6.04 Å². The molecule has 4 rings (SSSR count). The van der Waals surface area contributed by atoms with Gasteiger partial charge in [-0.15, -0.1) is 0 Å². The standard InChI is InChI=1S/C24H24N6O5S/c1-28-23(33)18(13-20(31)25-16-9-11-17(34-3)12-10-16)30(24(28)36)14-19-22(35-27-29(19)2)26-21(32)15-7-5-4-6-8-15/h4-12,18H,13-14H2,1-3H3,(H-,25,26,27,31,32)/p+1. The normalized spacial score (nSPS) is 15.2. The predicted octanol–water partition coefficient (Wildman–Crippen LogP) is 1.72. The van der Waals surface area contributed by atoms with E-state index in [0.717, 1.165) is 0 Å². The summed E-state index contributed by atoms with van der Waals surface area (Å²) in [7, 11) is 4.76. The van der Waals surface area contributed by atoms with Crippen molar-refractivity contribution in [1.82, 2.24) is 15.1 Å². The molecule has 0 radical (unpaired) electrons. The summed E-state index contributed by atoms with van der Waals surface area (Å²) in [5.41, 5.74) is 1.50. The lowest BCUT2D eigenvalue weighted by Crippen LogP contribution is -2.42. The number of hydrogen-bond donors (Lipinski definition) is 2. The van der Waals surface area contributed by atoms with Crippen molar-refractivity contribution >= 4 is 46.6 Å². The molecule has 3 aromatic rings. The Morgan fingerprint density at radius 2 is 1.83 bits per heavy atom. The molecule has 1 atom stereocenters. The summed E-state index contributed by atoms with van der Waals surface area (Å²) >= 11 is 5.49. The van der Waals surface area contributed by atoms with Gasteiger partial charge in [0.1, 0.15) is 18.3 Å². The minimum atomic E-state index is -0.840. The van der Waals surface area contributed by atoms with Gasteiger partial charge in [-0.1, -0.05) is 18.2 Å². The van der Waals surface area contributed by atoms with Crippen LogP contribution < -0.4 is 20.1 Å². The maximum atomic E-state index is 12.9. The van der Waals surface area contributed by atoms with Gasteiger partial charge in [0.05, 0.1) is 13.5 Å². The van der Waals surface area contributed by atoms with Crippen molar-refractivity contribution in [3.05, 3.63) is 65.9 Å². The second-order valence-electron chi connectivity index (χ2n) is 8.10. The number of thiocarbonyl (C=S) groups is 1. The number of nitrogens with one attached hydrogen (secondary N) is 2. The second-order valence-corrected chi connectivity index (χ2v) is 8.46. The van der Waals surface area contributed by atoms with Crippen molar-refractivity contribution in [2.45, 2.75) is 19.0 Å². The van der Waals surface area contributed by atoms with E-state index in [2.05, 4.69) is 15.9 Å². The number of hydrogen-bond acceptors (Lipinski definition) is 7. The molecule has 1 aliphatic rings. The fraction of sp³-hybridized carbons (Fsp3) is 0.250. The number of carbonyl (C=O) groups excluding carboxylic acids is 3. The molecule has 12 heteroatoms. The van der Waals surface area contributed by atoms with Gasteiger partial charge in [0, 0.05) is 18.3 Å². The van der Waals surface area contributed by atoms with Crippen LogP contribution in [-0.2, 0) is 23.2 Å². The maximum Gasteiger partial charge on any atom is 0.307 e. The van der Waals surface area contributed by atoms with Gasteiger partial charge in [-0.3, -0.25) is 29.1 Å². The van der Waals surface area contributed by atoms with E-state index in [1.54, 1.807) is 74.6 Å². The molecule has 2 heterocycles. The van der Waals surface area contributed by atoms with Crippen LogP contribution >= 0.6 is 12.2 Å². The molecule has 36 heavy (non-hydrogen) atoms. The van der Waals surface area contributed by atoms with Gasteiger partial charge in [0.25, 0.3) is 17.5 Å². The van der Waals surface area contributed by atoms with Crippen LogP contribution in [0.25, 0.3) is 0 Å². The molecular formula is C24H25N6O5S+. The molecular weight excluding hydrogens is 484 g/mol. The van der Waals surface area contributed by atoms with Gasteiger partial charge in [0.15, 0.2) is 12.2 Å². The summed E-state index contributed by atoms with van der Waals surface area (Å²) in [6.07, 6.45) is -0.129. The van der Waals surface area contributed by atoms with E-state index in [4.69, 9.17) is 21.5 Å². The summed E-state index contributed by atoms with van der Waals surface area (Å²) in [5, 5.41) is 9.64. The lowest BCUT2D eigenvalue weighted by Gasteiger charge is -2.21. The Labute approximate surface area is 212 Å². The molecule has 0 aliphatic carbocycles. The molecule has 1 aromatic heterocycles. The highest BCUT2D eigenvalue weighted by molar-refractivity contribution is 7.80. The Kier molecular flexibility index (Phi) is 7.25. The largest absolute Gasteiger partial charge is 0.497 e. The summed E-state index contributed by atoms with van der Waals surface area (Å²) in [5.74, 6) is -0.250. The second kappa shape index (κ2) is 10.5. The number of amides is 3. The number of carbonyl (C=O) groups is 3. The lowest BCUT2D eigenvalue weighted by molar-refractivity contribution is -0.746. The third-order valence-electron chi connectivity index (χ3n) is 5.77. The summed E-state index contributed by atoms with van der Waals surface area (Å²) in [6.45, 7) is 0.0831. The summed E-state index contributed by atoms with van der Waals surface area (Å²) in [4.78, 5) is 41.3. The minimum absolute atomic E-state index is 0.0831. The van der Waals surface area contributed by atoms with Crippen LogP contribution in [0.15, 0.2) is 59.1 Å². The van der Waals surface area contributed by atoms with Crippen LogP contribution in [0.1, 0.15) is 22.5 Å². The third-order valence-corrected chi connectivity index (χ3v) is 6.28. The van der Waals surface area contributed by atoms with Gasteiger partial charge in [0.2, 0.25) is 11.2 Å². The van der Waals surface area contributed by atoms with Gasteiger partial charge in [-0.25, -0.2) is 0 Å². The fourth-order valence-electron chi connectivity index (χ4n) is 3.76. The number of ether oxygens (including phenoxy) is 1. The van der Waals surface area contributed by atoms with E-state index >= 15 is 0 Å². The van der Waals surface area contributed by atoms with Crippen LogP contribution in [0.2, 0.25) is 0 Å². The zero-order valence-corrected chi connectivity index (χ0v) is 20.7. The monoisotopic (exact) mass is 509 g/mol. The predicted molar refractivity (Wildman–Crippen MR) is 133 cm³/mol. The number of anilines is 2. The quantitative estimate of drug-likeness (QED) is 0.348. The molecule has 1 fully saturated rings. The molecule has 11 nitrogen and oxygen atoms in total. The van der Waals surface area contributed by atoms with E-state index in [1.165, 1.54) is 9.58 Å². The number of likely N-dealkylation sites (N-methyl/N-ethyl adjacent to an activating group) is 1. The van der Waals surface area contributed by atoms with Crippen LogP contribution in [0, 0.1) is 0 Å². The zero-order valence-electron chi connectivity index (χ0n) is 19.9. The number of aromatic nitrogens is 2. The van der Waals surface area contributed by atoms with Crippen LogP contribution in [0.3, 0.4) is 0 Å². The summed E-state index contributed by atoms with van der Waals surface area (Å²) < 4.78 is 11.9. The summed E-state index contributed by atoms with van der Waals surface area (Å²) in [6, 6.07) is 14.7. The Bertz CT molecular complexity index is 1290. The van der Waals surface area contributed by atoms with Gasteiger partial charge >= 0.3 is 5.88 Å². The average molecular weight is 510 g/mol. The topological polar surface area (TPSA) is 121 Å². The highest BCUT2D eigenvalue weighted by Gasteiger charge is 2.43. The molecule has 186 valence electrons. The zero-order chi connectivity index (χ0) is 25.8. The number of benzene rings is 2. The molecule has 1 saturated heterocycles. The van der Waals surface area contributed by atoms with Crippen molar-refractivity contribution < 1.29 is 28.3 Å². The van der Waals surface area contributed by atoms with Crippen molar-refractivity contribution in [2.75, 3.05) is 24.8 Å². The number of rotatable bonds is 8. The SMILES string of the molecule is COc1ccc(NC(=O)CC2C(=O)N(C)C(=S)N2Cc2c(NC(=O)c3ccccc3)on[n+]2C)cc1. The van der Waals surface area contributed by atoms with Crippen LogP contribution in [0.4, 0.5) is 11.6 Å². The van der Waals surface area contributed by atoms with Crippen LogP contribution in [0.5, 0.6) is 5.75 Å². The van der Waals surface area contributed by atoms with Gasteiger partial charge in [-0.05, 0) is 53.3 Å². The third kappa shape index (κ3) is 5.18. The van der Waals surface area contributed by atoms with Gasteiger partial charge < -0.3 is 15.0 Å². The first-order valence-corrected chi connectivity index (χ1v) is 11.4. The Hall–Kier alpha value is -4.32. The first kappa shape index (κ1) is 24.8. The van der Waals surface area contributed by atoms with Crippen molar-refractivity contribution in [1.29, 1.82) is 0 Å². The number of nitrogens with zero attached hydrogens (tertiary/aromatic N) is 4.